The first kappa shape index (κ1) is 18.7. The number of aryl methyl sites for hydroxylation is 2. The number of aldehydes is 1. The van der Waals surface area contributed by atoms with Gasteiger partial charge in [0, 0.05) is 10.4 Å². The van der Waals surface area contributed by atoms with Gasteiger partial charge in [-0.3, -0.25) is 4.79 Å². The highest BCUT2D eigenvalue weighted by Crippen LogP contribution is 2.41. The van der Waals surface area contributed by atoms with E-state index >= 15 is 0 Å². The van der Waals surface area contributed by atoms with Crippen molar-refractivity contribution < 1.29 is 14.4 Å². The van der Waals surface area contributed by atoms with E-state index in [0.29, 0.717) is 17.2 Å². The van der Waals surface area contributed by atoms with Crippen LogP contribution in [0, 0.1) is 5.92 Å². The van der Waals surface area contributed by atoms with E-state index in [-0.39, 0.29) is 0 Å². The first-order chi connectivity index (χ1) is 14.2. The quantitative estimate of drug-likeness (QED) is 0.656. The number of nitrogens with zero attached hydrogens (tertiary/aromatic N) is 2. The lowest BCUT2D eigenvalue weighted by Gasteiger charge is -2.26. The number of aromatic nitrogens is 2. The third-order valence-electron chi connectivity index (χ3n) is 6.18. The van der Waals surface area contributed by atoms with E-state index in [1.807, 2.05) is 12.1 Å². The fraction of sp³-hybridized carbons (Fsp3) is 0.435. The number of hydrogen-bond acceptors (Lipinski definition) is 5. The molecule has 2 aromatic heterocycles. The molecule has 1 aromatic carbocycles. The molecule has 0 saturated carbocycles. The summed E-state index contributed by atoms with van der Waals surface area (Å²) in [6.45, 7) is 5.55. The van der Waals surface area contributed by atoms with E-state index in [9.17, 15) is 4.79 Å². The largest absolute Gasteiger partial charge is 0.438 e. The molecule has 6 heteroatoms. The summed E-state index contributed by atoms with van der Waals surface area (Å²) in [5.74, 6) is 2.99. The second kappa shape index (κ2) is 7.84. The van der Waals surface area contributed by atoms with Crippen LogP contribution in [0.4, 0.5) is 0 Å². The van der Waals surface area contributed by atoms with Gasteiger partial charge in [0.05, 0.1) is 18.5 Å². The number of ether oxygens (including phenoxy) is 1. The molecular formula is C23H26N3O2S+. The van der Waals surface area contributed by atoms with Crippen LogP contribution in [-0.2, 0) is 19.4 Å². The molecule has 3 heterocycles. The van der Waals surface area contributed by atoms with Gasteiger partial charge < -0.3 is 9.64 Å². The third kappa shape index (κ3) is 3.79. The number of rotatable bonds is 5. The number of piperidine rings is 1. The highest BCUT2D eigenvalue weighted by Gasteiger charge is 2.25. The first-order valence-electron chi connectivity index (χ1n) is 10.6. The lowest BCUT2D eigenvalue weighted by molar-refractivity contribution is -0.920. The fourth-order valence-electron chi connectivity index (χ4n) is 4.49. The van der Waals surface area contributed by atoms with Gasteiger partial charge in [0.1, 0.15) is 23.4 Å². The van der Waals surface area contributed by atoms with Crippen LogP contribution in [0.5, 0.6) is 11.6 Å². The van der Waals surface area contributed by atoms with Crippen molar-refractivity contribution in [3.63, 3.8) is 0 Å². The number of carbonyl (C=O) groups is 1. The van der Waals surface area contributed by atoms with Crippen LogP contribution in [0.1, 0.15) is 52.8 Å². The molecule has 0 spiro atoms. The van der Waals surface area contributed by atoms with Gasteiger partial charge in [0.15, 0.2) is 5.82 Å². The van der Waals surface area contributed by atoms with E-state index < -0.39 is 0 Å². The van der Waals surface area contributed by atoms with Crippen LogP contribution in [0.3, 0.4) is 0 Å². The van der Waals surface area contributed by atoms with Crippen molar-refractivity contribution in [2.45, 2.75) is 45.6 Å². The molecule has 0 amide bonds. The summed E-state index contributed by atoms with van der Waals surface area (Å²) in [5, 5.41) is 1.07. The molecular weight excluding hydrogens is 382 g/mol. The number of nitrogens with one attached hydrogen (secondary N) is 1. The van der Waals surface area contributed by atoms with Gasteiger partial charge >= 0.3 is 0 Å². The second-order valence-corrected chi connectivity index (χ2v) is 9.47. The Bertz CT molecular complexity index is 1050. The Morgan fingerprint density at radius 3 is 2.93 bits per heavy atom. The number of hydrogen-bond donors (Lipinski definition) is 1. The lowest BCUT2D eigenvalue weighted by atomic mass is 9.99. The molecule has 5 rings (SSSR count). The first-order valence-corrected chi connectivity index (χ1v) is 11.4. The van der Waals surface area contributed by atoms with Gasteiger partial charge in [-0.2, -0.15) is 4.98 Å². The summed E-state index contributed by atoms with van der Waals surface area (Å²) >= 11 is 1.80. The number of thiophene rings is 1. The molecule has 0 bridgehead atoms. The van der Waals surface area contributed by atoms with Crippen LogP contribution in [0.15, 0.2) is 24.3 Å². The van der Waals surface area contributed by atoms with Crippen LogP contribution < -0.4 is 9.64 Å². The zero-order valence-corrected chi connectivity index (χ0v) is 17.6. The lowest BCUT2D eigenvalue weighted by Crippen LogP contribution is -3.11. The predicted octanol–water partition coefficient (Wildman–Crippen LogP) is 3.60. The average molecular weight is 409 g/mol. The molecule has 1 aliphatic carbocycles. The smallest absolute Gasteiger partial charge is 0.231 e. The van der Waals surface area contributed by atoms with E-state index in [1.165, 1.54) is 42.8 Å². The van der Waals surface area contributed by atoms with Gasteiger partial charge in [-0.15, -0.1) is 11.3 Å². The topological polar surface area (TPSA) is 56.5 Å². The maximum Gasteiger partial charge on any atom is 0.231 e. The van der Waals surface area contributed by atoms with Gasteiger partial charge in [-0.25, -0.2) is 4.98 Å². The molecule has 1 fully saturated rings. The van der Waals surface area contributed by atoms with Crippen molar-refractivity contribution in [2.24, 2.45) is 5.92 Å². The van der Waals surface area contributed by atoms with E-state index in [1.54, 1.807) is 28.4 Å². The minimum Gasteiger partial charge on any atom is -0.438 e. The monoisotopic (exact) mass is 408 g/mol. The zero-order valence-electron chi connectivity index (χ0n) is 16.7. The van der Waals surface area contributed by atoms with E-state index in [4.69, 9.17) is 14.7 Å². The Balaban J connectivity index is 1.51. The van der Waals surface area contributed by atoms with Crippen LogP contribution in [0.2, 0.25) is 0 Å². The number of fused-ring (bicyclic) bond motifs is 3. The molecule has 0 radical (unpaired) electrons. The summed E-state index contributed by atoms with van der Waals surface area (Å²) in [4.78, 5) is 25.0. The fourth-order valence-corrected chi connectivity index (χ4v) is 5.76. The van der Waals surface area contributed by atoms with Crippen molar-refractivity contribution in [1.82, 2.24) is 9.97 Å². The minimum absolute atomic E-state index is 0.607. The normalized spacial score (nSPS) is 21.3. The summed E-state index contributed by atoms with van der Waals surface area (Å²) in [6.07, 6.45) is 6.77. The Morgan fingerprint density at radius 2 is 2.10 bits per heavy atom. The molecule has 2 aliphatic rings. The van der Waals surface area contributed by atoms with E-state index in [0.717, 1.165) is 47.6 Å². The summed E-state index contributed by atoms with van der Waals surface area (Å²) in [7, 11) is 0. The molecule has 150 valence electrons. The highest BCUT2D eigenvalue weighted by atomic mass is 32.1. The number of likely N-dealkylation sites (tertiary alicyclic amines) is 1. The van der Waals surface area contributed by atoms with Gasteiger partial charge in [0.25, 0.3) is 0 Å². The summed E-state index contributed by atoms with van der Waals surface area (Å²) < 4.78 is 6.25. The average Bonchev–Trinajstić information content (AvgIpc) is 3.31. The van der Waals surface area contributed by atoms with Crippen molar-refractivity contribution in [3.05, 3.63) is 46.1 Å². The number of quaternary nitrogens is 1. The second-order valence-electron chi connectivity index (χ2n) is 8.38. The number of carbonyl (C=O) groups excluding carboxylic acids is 1. The van der Waals surface area contributed by atoms with Gasteiger partial charge in [-0.05, 0) is 55.7 Å². The van der Waals surface area contributed by atoms with Crippen molar-refractivity contribution in [1.29, 1.82) is 0 Å². The Labute approximate surface area is 174 Å². The Hall–Kier alpha value is -2.31. The van der Waals surface area contributed by atoms with Gasteiger partial charge in [-0.1, -0.05) is 19.1 Å². The number of benzene rings is 1. The third-order valence-corrected chi connectivity index (χ3v) is 7.36. The molecule has 5 nitrogen and oxygen atoms in total. The SMILES string of the molecule is CC1CC[NH+](Cc2nc(Oc3cccc(C=O)c3)c3c4c(sc3n2)CCC4)CC1. The summed E-state index contributed by atoms with van der Waals surface area (Å²) in [5.41, 5.74) is 1.97. The molecule has 1 aliphatic heterocycles. The van der Waals surface area contributed by atoms with Crippen LogP contribution >= 0.6 is 11.3 Å². The highest BCUT2D eigenvalue weighted by molar-refractivity contribution is 7.19. The molecule has 0 atom stereocenters. The molecule has 1 saturated heterocycles. The molecule has 29 heavy (non-hydrogen) atoms. The maximum atomic E-state index is 11.2. The van der Waals surface area contributed by atoms with E-state index in [2.05, 4.69) is 6.92 Å². The minimum atomic E-state index is 0.607. The van der Waals surface area contributed by atoms with Gasteiger partial charge in [0.2, 0.25) is 5.88 Å². The molecule has 0 unspecified atom stereocenters. The van der Waals surface area contributed by atoms with Crippen molar-refractivity contribution in [3.8, 4) is 11.6 Å². The standard InChI is InChI=1S/C23H25N3O2S/c1-15-8-10-26(11-9-15)13-20-24-22(28-17-5-2-4-16(12-17)14-27)21-18-6-3-7-19(18)29-23(21)25-20/h2,4-5,12,14-15H,3,6-11,13H2,1H3/p+1. The van der Waals surface area contributed by atoms with Crippen molar-refractivity contribution in [2.75, 3.05) is 13.1 Å². The summed E-state index contributed by atoms with van der Waals surface area (Å²) in [6, 6.07) is 7.27. The maximum absolute atomic E-state index is 11.2. The van der Waals surface area contributed by atoms with Crippen molar-refractivity contribution >= 4 is 27.8 Å². The predicted molar refractivity (Wildman–Crippen MR) is 114 cm³/mol. The van der Waals surface area contributed by atoms with Crippen LogP contribution in [-0.4, -0.2) is 29.3 Å². The Kier molecular flexibility index (Phi) is 5.06. The molecule has 1 N–H and O–H groups in total. The zero-order chi connectivity index (χ0) is 19.8. The molecule has 3 aromatic rings. The van der Waals surface area contributed by atoms with Crippen LogP contribution in [0.25, 0.3) is 10.2 Å². The Morgan fingerprint density at radius 1 is 1.24 bits per heavy atom.